The molecule has 19 heavy (non-hydrogen) atoms. The Morgan fingerprint density at radius 2 is 2.37 bits per heavy atom. The molecule has 5 heteroatoms. The van der Waals surface area contributed by atoms with Gasteiger partial charge in [-0.15, -0.1) is 11.3 Å². The number of rotatable bonds is 8. The lowest BCUT2D eigenvalue weighted by Gasteiger charge is -2.17. The second-order valence-corrected chi connectivity index (χ2v) is 6.46. The molecule has 2 heterocycles. The van der Waals surface area contributed by atoms with Crippen LogP contribution < -0.4 is 5.32 Å². The summed E-state index contributed by atoms with van der Waals surface area (Å²) in [5.74, 6) is 2.33. The van der Waals surface area contributed by atoms with Gasteiger partial charge in [0.2, 0.25) is 0 Å². The molecule has 0 aliphatic rings. The topological polar surface area (TPSA) is 29.9 Å². The molecule has 0 aliphatic carbocycles. The number of unbranched alkanes of at least 4 members (excludes halogenated alkanes) is 1. The van der Waals surface area contributed by atoms with Crippen LogP contribution in [0.15, 0.2) is 29.9 Å². The molecule has 104 valence electrons. The van der Waals surface area contributed by atoms with E-state index >= 15 is 0 Å². The highest BCUT2D eigenvalue weighted by Gasteiger charge is 2.18. The van der Waals surface area contributed by atoms with Crippen molar-refractivity contribution in [2.24, 2.45) is 7.05 Å². The fourth-order valence-corrected chi connectivity index (χ4v) is 3.34. The van der Waals surface area contributed by atoms with Crippen molar-refractivity contribution in [3.05, 3.63) is 40.6 Å². The van der Waals surface area contributed by atoms with Crippen LogP contribution >= 0.6 is 23.1 Å². The molecule has 2 aromatic heterocycles. The van der Waals surface area contributed by atoms with E-state index in [1.807, 2.05) is 24.2 Å². The van der Waals surface area contributed by atoms with E-state index in [1.54, 1.807) is 11.3 Å². The van der Waals surface area contributed by atoms with Crippen molar-refractivity contribution in [2.75, 3.05) is 18.6 Å². The molecule has 3 nitrogen and oxygen atoms in total. The molecule has 0 spiro atoms. The third kappa shape index (κ3) is 4.09. The molecular weight excluding hydrogens is 274 g/mol. The largest absolute Gasteiger partial charge is 0.336 e. The van der Waals surface area contributed by atoms with Crippen LogP contribution in [0.3, 0.4) is 0 Å². The van der Waals surface area contributed by atoms with Crippen LogP contribution in [0, 0.1) is 0 Å². The minimum atomic E-state index is 0.217. The zero-order valence-electron chi connectivity index (χ0n) is 11.5. The maximum atomic E-state index is 4.49. The molecule has 0 fully saturated rings. The van der Waals surface area contributed by atoms with Crippen LogP contribution in [0.5, 0.6) is 0 Å². The SMILES string of the molecule is CSCCCCNC(c1cccs1)c1nccn1C. The van der Waals surface area contributed by atoms with Crippen LogP contribution in [0.1, 0.15) is 29.6 Å². The van der Waals surface area contributed by atoms with Gasteiger partial charge in [-0.25, -0.2) is 4.98 Å². The van der Waals surface area contributed by atoms with E-state index in [2.05, 4.69) is 45.7 Å². The van der Waals surface area contributed by atoms with Gasteiger partial charge >= 0.3 is 0 Å². The number of hydrogen-bond donors (Lipinski definition) is 1. The van der Waals surface area contributed by atoms with Crippen molar-refractivity contribution in [2.45, 2.75) is 18.9 Å². The molecule has 1 unspecified atom stereocenters. The Bertz CT molecular complexity index is 465. The molecular formula is C14H21N3S2. The summed E-state index contributed by atoms with van der Waals surface area (Å²) in [7, 11) is 2.05. The van der Waals surface area contributed by atoms with Gasteiger partial charge in [0, 0.05) is 24.3 Å². The van der Waals surface area contributed by atoms with E-state index < -0.39 is 0 Å². The summed E-state index contributed by atoms with van der Waals surface area (Å²) in [6.07, 6.45) is 8.52. The third-order valence-electron chi connectivity index (χ3n) is 3.07. The number of thiophene rings is 1. The van der Waals surface area contributed by atoms with E-state index in [-0.39, 0.29) is 6.04 Å². The van der Waals surface area contributed by atoms with Crippen LogP contribution in [-0.4, -0.2) is 28.1 Å². The van der Waals surface area contributed by atoms with Gasteiger partial charge in [-0.05, 0) is 42.8 Å². The van der Waals surface area contributed by atoms with Gasteiger partial charge in [0.1, 0.15) is 11.9 Å². The second kappa shape index (κ2) is 7.72. The van der Waals surface area contributed by atoms with E-state index in [0.29, 0.717) is 0 Å². The molecule has 0 aliphatic heterocycles. The Morgan fingerprint density at radius 3 is 3.00 bits per heavy atom. The number of nitrogens with one attached hydrogen (secondary N) is 1. The summed E-state index contributed by atoms with van der Waals surface area (Å²) >= 11 is 3.70. The van der Waals surface area contributed by atoms with Crippen LogP contribution in [0.2, 0.25) is 0 Å². The molecule has 0 bridgehead atoms. The summed E-state index contributed by atoms with van der Waals surface area (Å²) in [5.41, 5.74) is 0. The maximum Gasteiger partial charge on any atom is 0.131 e. The number of imidazole rings is 1. The number of aryl methyl sites for hydroxylation is 1. The third-order valence-corrected chi connectivity index (χ3v) is 4.70. The van der Waals surface area contributed by atoms with Crippen molar-refractivity contribution < 1.29 is 0 Å². The van der Waals surface area contributed by atoms with Gasteiger partial charge in [0.05, 0.1) is 0 Å². The van der Waals surface area contributed by atoms with E-state index in [1.165, 1.54) is 23.5 Å². The molecule has 0 aromatic carbocycles. The van der Waals surface area contributed by atoms with Crippen molar-refractivity contribution >= 4 is 23.1 Å². The Hall–Kier alpha value is -0.780. The number of thioether (sulfide) groups is 1. The van der Waals surface area contributed by atoms with E-state index in [9.17, 15) is 0 Å². The van der Waals surface area contributed by atoms with Crippen LogP contribution in [0.4, 0.5) is 0 Å². The summed E-state index contributed by atoms with van der Waals surface area (Å²) in [5, 5.41) is 5.77. The smallest absolute Gasteiger partial charge is 0.131 e. The summed E-state index contributed by atoms with van der Waals surface area (Å²) < 4.78 is 2.10. The molecule has 1 N–H and O–H groups in total. The van der Waals surface area contributed by atoms with Gasteiger partial charge < -0.3 is 9.88 Å². The zero-order chi connectivity index (χ0) is 13.5. The first-order valence-electron chi connectivity index (χ1n) is 6.56. The Balaban J connectivity index is 1.98. The predicted octanol–water partition coefficient (Wildman–Crippen LogP) is 3.30. The zero-order valence-corrected chi connectivity index (χ0v) is 13.1. The fourth-order valence-electron chi connectivity index (χ4n) is 2.05. The molecule has 0 radical (unpaired) electrons. The van der Waals surface area contributed by atoms with E-state index in [4.69, 9.17) is 0 Å². The average molecular weight is 295 g/mol. The lowest BCUT2D eigenvalue weighted by molar-refractivity contribution is 0.549. The molecule has 0 saturated carbocycles. The van der Waals surface area contributed by atoms with Gasteiger partial charge in [-0.2, -0.15) is 11.8 Å². The first-order chi connectivity index (χ1) is 9.33. The van der Waals surface area contributed by atoms with E-state index in [0.717, 1.165) is 12.4 Å². The quantitative estimate of drug-likeness (QED) is 0.758. The van der Waals surface area contributed by atoms with Crippen LogP contribution in [-0.2, 0) is 7.05 Å². The average Bonchev–Trinajstić information content (AvgIpc) is 3.06. The van der Waals surface area contributed by atoms with Crippen LogP contribution in [0.25, 0.3) is 0 Å². The fraction of sp³-hybridized carbons (Fsp3) is 0.500. The van der Waals surface area contributed by atoms with Gasteiger partial charge in [0.25, 0.3) is 0 Å². The minimum absolute atomic E-state index is 0.217. The summed E-state index contributed by atoms with van der Waals surface area (Å²) in [4.78, 5) is 5.82. The molecule has 2 aromatic rings. The van der Waals surface area contributed by atoms with Gasteiger partial charge in [-0.3, -0.25) is 0 Å². The second-order valence-electron chi connectivity index (χ2n) is 4.50. The van der Waals surface area contributed by atoms with Gasteiger partial charge in [-0.1, -0.05) is 6.07 Å². The number of nitrogens with zero attached hydrogens (tertiary/aromatic N) is 2. The monoisotopic (exact) mass is 295 g/mol. The lowest BCUT2D eigenvalue weighted by Crippen LogP contribution is -2.25. The Morgan fingerprint density at radius 1 is 1.47 bits per heavy atom. The van der Waals surface area contributed by atoms with Crippen molar-refractivity contribution in [3.63, 3.8) is 0 Å². The predicted molar refractivity (Wildman–Crippen MR) is 85.0 cm³/mol. The van der Waals surface area contributed by atoms with Crippen molar-refractivity contribution in [1.29, 1.82) is 0 Å². The highest BCUT2D eigenvalue weighted by molar-refractivity contribution is 7.98. The molecule has 1 atom stereocenters. The molecule has 0 amide bonds. The van der Waals surface area contributed by atoms with Crippen molar-refractivity contribution in [1.82, 2.24) is 14.9 Å². The highest BCUT2D eigenvalue weighted by Crippen LogP contribution is 2.24. The minimum Gasteiger partial charge on any atom is -0.336 e. The molecule has 2 rings (SSSR count). The maximum absolute atomic E-state index is 4.49. The normalized spacial score (nSPS) is 12.7. The summed E-state index contributed by atoms with van der Waals surface area (Å²) in [6, 6.07) is 4.50. The Labute approximate surface area is 123 Å². The first kappa shape index (κ1) is 14.6. The Kier molecular flexibility index (Phi) is 5.94. The number of aromatic nitrogens is 2. The van der Waals surface area contributed by atoms with Crippen molar-refractivity contribution in [3.8, 4) is 0 Å². The summed E-state index contributed by atoms with van der Waals surface area (Å²) in [6.45, 7) is 1.04. The highest BCUT2D eigenvalue weighted by atomic mass is 32.2. The standard InChI is InChI=1S/C14H21N3S2/c1-17-9-8-16-14(17)13(12-6-5-11-19-12)15-7-3-4-10-18-2/h5-6,8-9,11,13,15H,3-4,7,10H2,1-2H3. The van der Waals surface area contributed by atoms with Gasteiger partial charge in [0.15, 0.2) is 0 Å². The first-order valence-corrected chi connectivity index (χ1v) is 8.83. The lowest BCUT2D eigenvalue weighted by atomic mass is 10.2. The number of hydrogen-bond acceptors (Lipinski definition) is 4. The molecule has 0 saturated heterocycles.